The second-order valence-corrected chi connectivity index (χ2v) is 18.6. The smallest absolute Gasteiger partial charge is 0.250 e. The topological polar surface area (TPSA) is 176 Å². The molecular weight excluding hydrogens is 821 g/mol. The number of benzene rings is 3. The van der Waals surface area contributed by atoms with Gasteiger partial charge in [-0.3, -0.25) is 19.2 Å². The summed E-state index contributed by atoms with van der Waals surface area (Å²) in [6, 6.07) is 26.7. The van der Waals surface area contributed by atoms with E-state index in [0.717, 1.165) is 81.2 Å². The third kappa shape index (κ3) is 8.15. The Balaban J connectivity index is 0.879. The number of rotatable bonds is 12. The Labute approximate surface area is 366 Å². The molecule has 13 nitrogen and oxygen atoms in total. The molecule has 15 heteroatoms. The molecule has 4 amide bonds. The Bertz CT molecular complexity index is 2740. The maximum atomic E-state index is 13.9. The van der Waals surface area contributed by atoms with E-state index in [1.807, 2.05) is 61.3 Å². The summed E-state index contributed by atoms with van der Waals surface area (Å²) in [5.41, 5.74) is 6.59. The summed E-state index contributed by atoms with van der Waals surface area (Å²) in [5.74, 6) is 0.224. The van der Waals surface area contributed by atoms with E-state index >= 15 is 0 Å². The molecule has 2 fully saturated rings. The Morgan fingerprint density at radius 2 is 1.40 bits per heavy atom. The van der Waals surface area contributed by atoms with Gasteiger partial charge in [-0.05, 0) is 78.1 Å². The fourth-order valence-corrected chi connectivity index (χ4v) is 11.2. The summed E-state index contributed by atoms with van der Waals surface area (Å²) in [4.78, 5) is 74.2. The normalized spacial score (nSPS) is 17.6. The Kier molecular flexibility index (Phi) is 11.5. The molecule has 0 aliphatic carbocycles. The summed E-state index contributed by atoms with van der Waals surface area (Å²) < 4.78 is 2.43. The van der Waals surface area contributed by atoms with Gasteiger partial charge < -0.3 is 35.5 Å². The summed E-state index contributed by atoms with van der Waals surface area (Å²) in [6.45, 7) is 5.71. The molecule has 6 heterocycles. The zero-order valence-corrected chi connectivity index (χ0v) is 36.3. The minimum absolute atomic E-state index is 0.132. The van der Waals surface area contributed by atoms with Crippen LogP contribution in [0, 0.1) is 5.92 Å². The van der Waals surface area contributed by atoms with Crippen LogP contribution in [-0.4, -0.2) is 84.2 Å². The number of imidazole rings is 2. The van der Waals surface area contributed by atoms with Crippen molar-refractivity contribution in [2.24, 2.45) is 5.92 Å². The number of amides is 4. The minimum atomic E-state index is -0.760. The molecule has 0 spiro atoms. The largest absolute Gasteiger partial charge is 0.387 e. The standard InChI is InChI=1S/C47H48N8O5S2/c1-26(2)42(53-41(58)25-56)46(59)54-19-7-11-35(54)44-48-24-34(52-44)28-13-15-29(16-14-28)37-22-39-40(61-37)23-38(62-39)31-17-18-32-33(21-31)51-45(50-32)36-12-8-20-55(36)47(60)43(49-27(3)57)30-9-5-4-6-10-30/h4-6,9-10,13-18,21-24,26,35-36,42-43,56H,7-8,11-12,19-20,25H2,1-3H3,(H,48,52)(H,49,57)(H,50,51)(H,53,58)/t35-,36?,42-,43+/m0/s1. The first-order valence-electron chi connectivity index (χ1n) is 21.1. The van der Waals surface area contributed by atoms with Gasteiger partial charge in [0.1, 0.15) is 30.3 Å². The number of aliphatic hydroxyl groups excluding tert-OH is 1. The maximum absolute atomic E-state index is 13.9. The van der Waals surface area contributed by atoms with Gasteiger partial charge >= 0.3 is 0 Å². The van der Waals surface area contributed by atoms with Crippen molar-refractivity contribution in [2.45, 2.75) is 70.6 Å². The first kappa shape index (κ1) is 41.2. The van der Waals surface area contributed by atoms with Crippen molar-refractivity contribution in [3.63, 3.8) is 0 Å². The van der Waals surface area contributed by atoms with Crippen molar-refractivity contribution in [1.29, 1.82) is 0 Å². The molecule has 3 aromatic carbocycles. The Hall–Kier alpha value is -6.16. The number of H-pyrrole nitrogens is 2. The molecule has 4 atom stereocenters. The number of nitrogens with zero attached hydrogens (tertiary/aromatic N) is 4. The third-order valence-corrected chi connectivity index (χ3v) is 14.3. The van der Waals surface area contributed by atoms with Crippen LogP contribution in [0.2, 0.25) is 0 Å². The lowest BCUT2D eigenvalue weighted by molar-refractivity contribution is -0.139. The van der Waals surface area contributed by atoms with Gasteiger partial charge in [0.15, 0.2) is 0 Å². The van der Waals surface area contributed by atoms with E-state index in [2.05, 4.69) is 74.1 Å². The maximum Gasteiger partial charge on any atom is 0.250 e. The summed E-state index contributed by atoms with van der Waals surface area (Å²) >= 11 is 3.52. The van der Waals surface area contributed by atoms with E-state index in [9.17, 15) is 24.3 Å². The fourth-order valence-electron chi connectivity index (χ4n) is 8.77. The van der Waals surface area contributed by atoms with Crippen LogP contribution in [0.25, 0.3) is 52.6 Å². The lowest BCUT2D eigenvalue weighted by Gasteiger charge is -2.30. The number of aromatic amines is 2. The van der Waals surface area contributed by atoms with Gasteiger partial charge in [0.2, 0.25) is 23.6 Å². The molecule has 0 bridgehead atoms. The van der Waals surface area contributed by atoms with Crippen LogP contribution in [0.15, 0.2) is 91.1 Å². The number of likely N-dealkylation sites (tertiary alicyclic amines) is 2. The number of carbonyl (C=O) groups excluding carboxylic acids is 4. The highest BCUT2D eigenvalue weighted by atomic mass is 32.1. The molecular formula is C47H48N8O5S2. The molecule has 0 saturated carbocycles. The molecule has 2 aliphatic heterocycles. The zero-order valence-electron chi connectivity index (χ0n) is 34.7. The molecule has 9 rings (SSSR count). The average Bonchev–Trinajstić information content (AvgIpc) is 4.14. The van der Waals surface area contributed by atoms with Crippen LogP contribution in [0.1, 0.15) is 81.8 Å². The van der Waals surface area contributed by atoms with Gasteiger partial charge in [-0.1, -0.05) is 74.5 Å². The second-order valence-electron chi connectivity index (χ2n) is 16.4. The number of hydrogen-bond acceptors (Lipinski definition) is 9. The molecule has 62 heavy (non-hydrogen) atoms. The van der Waals surface area contributed by atoms with E-state index in [1.54, 1.807) is 27.6 Å². The van der Waals surface area contributed by atoms with E-state index < -0.39 is 24.6 Å². The Morgan fingerprint density at radius 1 is 0.774 bits per heavy atom. The molecule has 318 valence electrons. The number of carbonyl (C=O) groups is 4. The number of thiophene rings is 2. The minimum Gasteiger partial charge on any atom is -0.387 e. The predicted molar refractivity (Wildman–Crippen MR) is 242 cm³/mol. The van der Waals surface area contributed by atoms with Crippen molar-refractivity contribution >= 4 is 66.7 Å². The highest BCUT2D eigenvalue weighted by molar-refractivity contribution is 7.31. The lowest BCUT2D eigenvalue weighted by atomic mass is 10.0. The highest BCUT2D eigenvalue weighted by Crippen LogP contribution is 2.43. The van der Waals surface area contributed by atoms with Gasteiger partial charge in [0, 0.05) is 39.2 Å². The quantitative estimate of drug-likeness (QED) is 0.0829. The van der Waals surface area contributed by atoms with E-state index in [1.165, 1.54) is 21.2 Å². The fraction of sp³-hybridized carbons (Fsp3) is 0.319. The average molecular weight is 869 g/mol. The van der Waals surface area contributed by atoms with Gasteiger partial charge in [-0.15, -0.1) is 22.7 Å². The number of aromatic nitrogens is 4. The first-order chi connectivity index (χ1) is 30.0. The molecule has 2 saturated heterocycles. The van der Waals surface area contributed by atoms with Gasteiger partial charge in [-0.25, -0.2) is 9.97 Å². The number of fused-ring (bicyclic) bond motifs is 2. The van der Waals surface area contributed by atoms with Crippen molar-refractivity contribution < 1.29 is 24.3 Å². The Morgan fingerprint density at radius 3 is 2.06 bits per heavy atom. The zero-order chi connectivity index (χ0) is 43.1. The molecule has 5 N–H and O–H groups in total. The molecule has 7 aromatic rings. The van der Waals surface area contributed by atoms with Crippen LogP contribution in [0.3, 0.4) is 0 Å². The third-order valence-electron chi connectivity index (χ3n) is 11.9. The van der Waals surface area contributed by atoms with E-state index in [4.69, 9.17) is 4.98 Å². The summed E-state index contributed by atoms with van der Waals surface area (Å²) in [5, 5.41) is 14.8. The molecule has 1 unspecified atom stereocenters. The second kappa shape index (κ2) is 17.3. The monoisotopic (exact) mass is 868 g/mol. The van der Waals surface area contributed by atoms with Gasteiger partial charge in [-0.2, -0.15) is 0 Å². The highest BCUT2D eigenvalue weighted by Gasteiger charge is 2.38. The van der Waals surface area contributed by atoms with Crippen molar-refractivity contribution in [3.8, 4) is 32.1 Å². The van der Waals surface area contributed by atoms with Crippen molar-refractivity contribution in [2.75, 3.05) is 19.7 Å². The van der Waals surface area contributed by atoms with Crippen LogP contribution in [0.5, 0.6) is 0 Å². The van der Waals surface area contributed by atoms with Crippen LogP contribution < -0.4 is 10.6 Å². The van der Waals surface area contributed by atoms with Crippen LogP contribution >= 0.6 is 22.7 Å². The van der Waals surface area contributed by atoms with Crippen LogP contribution in [-0.2, 0) is 19.2 Å². The lowest BCUT2D eigenvalue weighted by Crippen LogP contribution is -2.51. The number of aliphatic hydroxyl groups is 1. The van der Waals surface area contributed by atoms with Gasteiger partial charge in [0.05, 0.1) is 35.0 Å². The molecule has 0 radical (unpaired) electrons. The van der Waals surface area contributed by atoms with Crippen molar-refractivity contribution in [3.05, 3.63) is 108 Å². The molecule has 2 aliphatic rings. The first-order valence-corrected chi connectivity index (χ1v) is 22.7. The predicted octanol–water partition coefficient (Wildman–Crippen LogP) is 7.90. The van der Waals surface area contributed by atoms with Crippen LogP contribution in [0.4, 0.5) is 0 Å². The number of nitrogens with one attached hydrogen (secondary N) is 4. The van der Waals surface area contributed by atoms with Gasteiger partial charge in [0.25, 0.3) is 0 Å². The summed E-state index contributed by atoms with van der Waals surface area (Å²) in [6.07, 6.45) is 5.06. The SMILES string of the molecule is CC(=O)N[C@@H](C(=O)N1CCCC1c1nc2ccc(-c3cc4sc(-c5ccc(-c6cnc([C@@H]7CCCN7C(=O)[C@@H](NC(=O)CO)C(C)C)[nH]6)cc5)cc4s3)cc2[nH]1)c1ccccc1. The van der Waals surface area contributed by atoms with E-state index in [-0.39, 0.29) is 35.7 Å². The van der Waals surface area contributed by atoms with E-state index in [0.29, 0.717) is 13.1 Å². The van der Waals surface area contributed by atoms with Crippen molar-refractivity contribution in [1.82, 2.24) is 40.4 Å². The number of hydrogen-bond donors (Lipinski definition) is 5. The summed E-state index contributed by atoms with van der Waals surface area (Å²) in [7, 11) is 0. The molecule has 4 aromatic heterocycles.